The highest BCUT2D eigenvalue weighted by atomic mass is 16.5. The topological polar surface area (TPSA) is 228 Å². The number of hydrogen-bond donors (Lipinski definition) is 4. The summed E-state index contributed by atoms with van der Waals surface area (Å²) in [6.45, 7) is 11.5. The molecule has 6 aromatic heterocycles. The predicted molar refractivity (Wildman–Crippen MR) is 240 cm³/mol. The number of ether oxygens (including phenoxy) is 2. The van der Waals surface area contributed by atoms with E-state index in [4.69, 9.17) is 27.5 Å². The van der Waals surface area contributed by atoms with Gasteiger partial charge in [0.25, 0.3) is 0 Å². The molecular weight excluding hydrogens is 799 g/mol. The van der Waals surface area contributed by atoms with Crippen LogP contribution in [0.15, 0.2) is 94.8 Å². The van der Waals surface area contributed by atoms with Crippen LogP contribution in [0.2, 0.25) is 0 Å². The lowest BCUT2D eigenvalue weighted by Crippen LogP contribution is -2.18. The van der Waals surface area contributed by atoms with Gasteiger partial charge in [0.2, 0.25) is 18.3 Å². The number of nitrogens with two attached hydrogens (primary N) is 2. The summed E-state index contributed by atoms with van der Waals surface area (Å²) < 4.78 is 14.7. The molecule has 1 saturated carbocycles. The number of rotatable bonds is 15. The van der Waals surface area contributed by atoms with E-state index >= 15 is 0 Å². The molecule has 1 aliphatic carbocycles. The lowest BCUT2D eigenvalue weighted by atomic mass is 10.1. The van der Waals surface area contributed by atoms with Gasteiger partial charge in [-0.2, -0.15) is 0 Å². The van der Waals surface area contributed by atoms with Gasteiger partial charge in [-0.05, 0) is 92.0 Å². The number of aromatic amines is 2. The Balaban J connectivity index is 0.000000173. The van der Waals surface area contributed by atoms with Crippen LogP contribution in [-0.2, 0) is 25.9 Å². The average Bonchev–Trinajstić information content (AvgIpc) is 3.99. The molecule has 0 unspecified atom stereocenters. The first-order chi connectivity index (χ1) is 30.6. The Hall–Kier alpha value is -7.87. The minimum Gasteiger partial charge on any atom is -0.439 e. The maximum atomic E-state index is 12.4. The lowest BCUT2D eigenvalue weighted by Gasteiger charge is -2.08. The van der Waals surface area contributed by atoms with Crippen LogP contribution >= 0.6 is 0 Å². The number of H-pyrrole nitrogens is 2. The van der Waals surface area contributed by atoms with Crippen LogP contribution in [0.4, 0.5) is 11.6 Å². The van der Waals surface area contributed by atoms with E-state index in [1.165, 1.54) is 39.5 Å². The molecule has 0 saturated heterocycles. The minimum atomic E-state index is -0.305. The van der Waals surface area contributed by atoms with Crippen molar-refractivity contribution in [2.75, 3.05) is 18.0 Å². The molecule has 8 aromatic rings. The molecule has 1 fully saturated rings. The number of nitrogen functional groups attached to an aromatic ring is 2. The third-order valence-electron chi connectivity index (χ3n) is 10.6. The van der Waals surface area contributed by atoms with Crippen molar-refractivity contribution >= 4 is 34.0 Å². The van der Waals surface area contributed by atoms with Crippen LogP contribution in [0.1, 0.15) is 66.0 Å². The number of hydrogen-bond acceptors (Lipinski definition) is 12. The van der Waals surface area contributed by atoms with Gasteiger partial charge < -0.3 is 35.8 Å². The summed E-state index contributed by atoms with van der Waals surface area (Å²) in [6, 6.07) is 23.4. The van der Waals surface area contributed by atoms with Gasteiger partial charge in [-0.25, -0.2) is 46.1 Å². The first-order valence-corrected chi connectivity index (χ1v) is 20.8. The fourth-order valence-corrected chi connectivity index (χ4v) is 7.10. The Morgan fingerprint density at radius 2 is 1.11 bits per heavy atom. The molecule has 0 amide bonds. The fourth-order valence-electron chi connectivity index (χ4n) is 7.10. The van der Waals surface area contributed by atoms with Gasteiger partial charge in [-0.3, -0.25) is 9.13 Å². The Labute approximate surface area is 362 Å². The van der Waals surface area contributed by atoms with Gasteiger partial charge in [0, 0.05) is 30.9 Å². The van der Waals surface area contributed by atoms with E-state index in [1.54, 1.807) is 38.4 Å². The van der Waals surface area contributed by atoms with Crippen molar-refractivity contribution in [1.82, 2.24) is 49.0 Å². The maximum absolute atomic E-state index is 12.4. The predicted octanol–water partition coefficient (Wildman–Crippen LogP) is 7.08. The second-order valence-electron chi connectivity index (χ2n) is 15.6. The molecule has 0 spiro atoms. The monoisotopic (exact) mass is 845 g/mol. The van der Waals surface area contributed by atoms with Crippen LogP contribution in [0.25, 0.3) is 27.2 Å². The molecule has 9 rings (SSSR count). The van der Waals surface area contributed by atoms with Gasteiger partial charge in [0.1, 0.15) is 34.2 Å². The Morgan fingerprint density at radius 1 is 0.651 bits per heavy atom. The molecule has 17 heteroatoms. The van der Waals surface area contributed by atoms with Crippen molar-refractivity contribution in [3.05, 3.63) is 151 Å². The molecule has 2 aromatic carbocycles. The number of anilines is 2. The third kappa shape index (κ3) is 10.5. The largest absolute Gasteiger partial charge is 0.439 e. The van der Waals surface area contributed by atoms with Crippen molar-refractivity contribution in [2.24, 2.45) is 5.92 Å². The van der Waals surface area contributed by atoms with Crippen LogP contribution in [-0.4, -0.2) is 55.6 Å². The Bertz CT molecular complexity index is 3000. The van der Waals surface area contributed by atoms with E-state index in [0.29, 0.717) is 71.1 Å². The normalized spacial score (nSPS) is 12.2. The number of benzene rings is 2. The number of imidazole rings is 2. The summed E-state index contributed by atoms with van der Waals surface area (Å²) in [6.07, 6.45) is 11.4. The van der Waals surface area contributed by atoms with E-state index in [-0.39, 0.29) is 23.0 Å². The number of fused-ring (bicyclic) bond motifs is 2. The summed E-state index contributed by atoms with van der Waals surface area (Å²) in [4.78, 5) is 59.2. The molecule has 6 N–H and O–H groups in total. The van der Waals surface area contributed by atoms with Crippen LogP contribution < -0.4 is 32.3 Å². The Kier molecular flexibility index (Phi) is 12.5. The standard InChI is InChI=1S/C23H23N7O2.C23H24N6O2/c1-15-27-21(24)20-22(28-15)30(23(31)29-20)14-17-8-11-19(26-13-17)32-18-9-6-16(7-10-18)5-3-4-12-25-2;1-14-26-21(24)20-22(27-14)29(23(30)28-20)13-17-8-11-19(25-12-17)31-18-9-6-16(7-10-18)5-4-15-2-3-15/h6-11,13H,3-5,12,14H2,1H3,(H,29,31)(H2,24,27,28);6-12,15H,2-5,13H2,1H3,(H,28,30)(H2,24,26,27). The zero-order valence-electron chi connectivity index (χ0n) is 35.0. The van der Waals surface area contributed by atoms with Gasteiger partial charge in [0.15, 0.2) is 22.9 Å². The molecule has 17 nitrogen and oxygen atoms in total. The minimum absolute atomic E-state index is 0.250. The van der Waals surface area contributed by atoms with Gasteiger partial charge in [-0.1, -0.05) is 49.2 Å². The number of aryl methyl sites for hydroxylation is 4. The first kappa shape index (κ1) is 41.8. The summed E-state index contributed by atoms with van der Waals surface area (Å²) in [5, 5.41) is 0. The van der Waals surface area contributed by atoms with E-state index in [1.807, 2.05) is 48.5 Å². The smallest absolute Gasteiger partial charge is 0.328 e. The van der Waals surface area contributed by atoms with Crippen molar-refractivity contribution in [3.63, 3.8) is 0 Å². The first-order valence-electron chi connectivity index (χ1n) is 20.8. The maximum Gasteiger partial charge on any atom is 0.328 e. The lowest BCUT2D eigenvalue weighted by molar-refractivity contribution is 0.462. The van der Waals surface area contributed by atoms with Gasteiger partial charge >= 0.3 is 11.4 Å². The van der Waals surface area contributed by atoms with Gasteiger partial charge in [-0.15, -0.1) is 0 Å². The highest BCUT2D eigenvalue weighted by molar-refractivity contribution is 5.82. The SMILES string of the molecule is Cc1nc(N)c2[nH]c(=O)n(Cc3ccc(Oc4ccc(CCC5CC5)cc4)nc3)c2n1.[C-]#[N+]CCCCc1ccc(Oc2ccc(Cn3c(=O)[nH]c4c(N)nc(C)nc43)cn2)cc1. The second kappa shape index (κ2) is 18.8. The van der Waals surface area contributed by atoms with Crippen LogP contribution in [0, 0.1) is 26.3 Å². The zero-order valence-corrected chi connectivity index (χ0v) is 35.0. The number of pyridine rings is 2. The third-order valence-corrected chi connectivity index (χ3v) is 10.6. The molecule has 63 heavy (non-hydrogen) atoms. The molecule has 0 bridgehead atoms. The molecule has 0 radical (unpaired) electrons. The highest BCUT2D eigenvalue weighted by Crippen LogP contribution is 2.34. The highest BCUT2D eigenvalue weighted by Gasteiger charge is 2.20. The summed E-state index contributed by atoms with van der Waals surface area (Å²) in [5.74, 6) is 4.88. The Morgan fingerprint density at radius 3 is 1.54 bits per heavy atom. The summed E-state index contributed by atoms with van der Waals surface area (Å²) in [5.41, 5.74) is 17.3. The van der Waals surface area contributed by atoms with E-state index in [0.717, 1.165) is 48.5 Å². The van der Waals surface area contributed by atoms with Crippen LogP contribution in [0.5, 0.6) is 23.3 Å². The number of nitrogens with one attached hydrogen (secondary N) is 2. The van der Waals surface area contributed by atoms with Crippen molar-refractivity contribution < 1.29 is 9.47 Å². The summed E-state index contributed by atoms with van der Waals surface area (Å²) in [7, 11) is 0. The van der Waals surface area contributed by atoms with Crippen molar-refractivity contribution in [3.8, 4) is 23.3 Å². The van der Waals surface area contributed by atoms with E-state index in [2.05, 4.69) is 56.8 Å². The average molecular weight is 846 g/mol. The molecule has 1 aliphatic rings. The molecular formula is C46H47N13O4. The van der Waals surface area contributed by atoms with E-state index in [9.17, 15) is 9.59 Å². The fraction of sp³-hybridized carbons (Fsp3) is 0.283. The number of unbranched alkanes of at least 4 members (excludes halogenated alkanes) is 1. The molecule has 0 aliphatic heterocycles. The second-order valence-corrected chi connectivity index (χ2v) is 15.6. The summed E-state index contributed by atoms with van der Waals surface area (Å²) >= 11 is 0. The van der Waals surface area contributed by atoms with E-state index < -0.39 is 0 Å². The van der Waals surface area contributed by atoms with Crippen molar-refractivity contribution in [2.45, 2.75) is 71.9 Å². The van der Waals surface area contributed by atoms with Crippen molar-refractivity contribution in [1.29, 1.82) is 0 Å². The quantitative estimate of drug-likeness (QED) is 0.0600. The number of aromatic nitrogens is 10. The zero-order chi connectivity index (χ0) is 43.9. The molecule has 0 atom stereocenters. The molecule has 320 valence electrons. The van der Waals surface area contributed by atoms with Gasteiger partial charge in [0.05, 0.1) is 13.1 Å². The molecule has 6 heterocycles. The van der Waals surface area contributed by atoms with Crippen LogP contribution in [0.3, 0.4) is 0 Å². The number of nitrogens with zero attached hydrogens (tertiary/aromatic N) is 9.